The summed E-state index contributed by atoms with van der Waals surface area (Å²) in [4.78, 5) is 27.1. The van der Waals surface area contributed by atoms with Gasteiger partial charge in [-0.2, -0.15) is 0 Å². The lowest BCUT2D eigenvalue weighted by Crippen LogP contribution is -2.50. The molecule has 8 heteroatoms. The van der Waals surface area contributed by atoms with Crippen molar-refractivity contribution in [3.63, 3.8) is 0 Å². The van der Waals surface area contributed by atoms with E-state index in [0.29, 0.717) is 37.7 Å². The molecule has 1 aliphatic heterocycles. The Labute approximate surface area is 144 Å². The maximum Gasteiger partial charge on any atom is 0.274 e. The van der Waals surface area contributed by atoms with Gasteiger partial charge in [-0.1, -0.05) is 0 Å². The average molecular weight is 343 g/mol. The molecule has 2 aromatic rings. The van der Waals surface area contributed by atoms with E-state index in [1.54, 1.807) is 34.1 Å². The van der Waals surface area contributed by atoms with E-state index in [4.69, 9.17) is 0 Å². The highest BCUT2D eigenvalue weighted by molar-refractivity contribution is 5.92. The van der Waals surface area contributed by atoms with Crippen molar-refractivity contribution in [3.8, 4) is 0 Å². The number of hydrogen-bond donors (Lipinski definition) is 1. The summed E-state index contributed by atoms with van der Waals surface area (Å²) in [5.74, 6) is -0.0425. The first-order valence-electron chi connectivity index (χ1n) is 7.94. The highest BCUT2D eigenvalue weighted by atomic mass is 19.1. The van der Waals surface area contributed by atoms with Crippen molar-refractivity contribution in [1.82, 2.24) is 20.0 Å². The van der Waals surface area contributed by atoms with Crippen LogP contribution in [0.4, 0.5) is 15.9 Å². The lowest BCUT2D eigenvalue weighted by molar-refractivity contribution is -0.130. The van der Waals surface area contributed by atoms with Crippen LogP contribution in [0.3, 0.4) is 0 Å². The Morgan fingerprint density at radius 3 is 2.16 bits per heavy atom. The van der Waals surface area contributed by atoms with Crippen LogP contribution in [0.2, 0.25) is 0 Å². The Hall–Kier alpha value is -3.03. The lowest BCUT2D eigenvalue weighted by atomic mass is 10.2. The van der Waals surface area contributed by atoms with E-state index in [9.17, 15) is 14.0 Å². The molecule has 3 rings (SSSR count). The van der Waals surface area contributed by atoms with Crippen LogP contribution in [-0.2, 0) is 4.79 Å². The van der Waals surface area contributed by atoms with Gasteiger partial charge in [0.2, 0.25) is 5.91 Å². The molecule has 130 valence electrons. The molecule has 0 bridgehead atoms. The molecule has 0 spiro atoms. The number of benzene rings is 1. The van der Waals surface area contributed by atoms with E-state index < -0.39 is 0 Å². The zero-order valence-corrected chi connectivity index (χ0v) is 13.8. The molecular weight excluding hydrogens is 325 g/mol. The first-order chi connectivity index (χ1) is 12.0. The van der Waals surface area contributed by atoms with Crippen molar-refractivity contribution < 1.29 is 14.0 Å². The summed E-state index contributed by atoms with van der Waals surface area (Å²) in [6.45, 7) is 3.54. The van der Waals surface area contributed by atoms with E-state index in [-0.39, 0.29) is 23.3 Å². The van der Waals surface area contributed by atoms with Crippen LogP contribution in [0.25, 0.3) is 0 Å². The average Bonchev–Trinajstić information content (AvgIpc) is 2.64. The number of nitrogens with zero attached hydrogens (tertiary/aromatic N) is 4. The standard InChI is InChI=1S/C17H18FN5O2/c1-12(24)22-8-10-23(11-9-22)17(25)15-6-7-16(21-20-15)19-14-4-2-13(18)3-5-14/h2-7H,8-11H2,1H3,(H,19,21). The summed E-state index contributed by atoms with van der Waals surface area (Å²) in [5, 5.41) is 10.9. The van der Waals surface area contributed by atoms with Gasteiger partial charge in [0.05, 0.1) is 0 Å². The number of amides is 2. The summed E-state index contributed by atoms with van der Waals surface area (Å²) in [6, 6.07) is 9.10. The predicted octanol–water partition coefficient (Wildman–Crippen LogP) is 1.66. The highest BCUT2D eigenvalue weighted by Crippen LogP contribution is 2.15. The molecule has 0 radical (unpaired) electrons. The van der Waals surface area contributed by atoms with Gasteiger partial charge in [0, 0.05) is 38.8 Å². The molecule has 2 heterocycles. The third-order valence-corrected chi connectivity index (χ3v) is 4.01. The van der Waals surface area contributed by atoms with Crippen molar-refractivity contribution in [2.45, 2.75) is 6.92 Å². The second-order valence-electron chi connectivity index (χ2n) is 5.73. The third-order valence-electron chi connectivity index (χ3n) is 4.01. The largest absolute Gasteiger partial charge is 0.339 e. The zero-order chi connectivity index (χ0) is 17.8. The van der Waals surface area contributed by atoms with Crippen molar-refractivity contribution in [3.05, 3.63) is 47.9 Å². The number of nitrogens with one attached hydrogen (secondary N) is 1. The second-order valence-corrected chi connectivity index (χ2v) is 5.73. The first-order valence-corrected chi connectivity index (χ1v) is 7.94. The molecule has 7 nitrogen and oxygen atoms in total. The molecule has 1 saturated heterocycles. The maximum absolute atomic E-state index is 12.9. The number of carbonyl (C=O) groups excluding carboxylic acids is 2. The summed E-state index contributed by atoms with van der Waals surface area (Å²) in [5.41, 5.74) is 0.927. The fraction of sp³-hybridized carbons (Fsp3) is 0.294. The maximum atomic E-state index is 12.9. The van der Waals surface area contributed by atoms with Crippen LogP contribution in [0.15, 0.2) is 36.4 Å². The predicted molar refractivity (Wildman–Crippen MR) is 89.9 cm³/mol. The molecule has 1 aliphatic rings. The number of carbonyl (C=O) groups is 2. The van der Waals surface area contributed by atoms with Gasteiger partial charge in [0.25, 0.3) is 5.91 Å². The van der Waals surface area contributed by atoms with Crippen molar-refractivity contribution >= 4 is 23.3 Å². The first kappa shape index (κ1) is 16.8. The second kappa shape index (κ2) is 7.25. The SMILES string of the molecule is CC(=O)N1CCN(C(=O)c2ccc(Nc3ccc(F)cc3)nn2)CC1. The molecule has 0 saturated carbocycles. The van der Waals surface area contributed by atoms with Gasteiger partial charge in [-0.3, -0.25) is 9.59 Å². The lowest BCUT2D eigenvalue weighted by Gasteiger charge is -2.33. The molecule has 1 fully saturated rings. The zero-order valence-electron chi connectivity index (χ0n) is 13.8. The van der Waals surface area contributed by atoms with Crippen LogP contribution in [0.1, 0.15) is 17.4 Å². The minimum Gasteiger partial charge on any atom is -0.339 e. The van der Waals surface area contributed by atoms with Gasteiger partial charge < -0.3 is 15.1 Å². The van der Waals surface area contributed by atoms with E-state index in [1.807, 2.05) is 0 Å². The summed E-state index contributed by atoms with van der Waals surface area (Å²) < 4.78 is 12.9. The molecule has 1 aromatic carbocycles. The number of rotatable bonds is 3. The van der Waals surface area contributed by atoms with Gasteiger partial charge in [-0.15, -0.1) is 10.2 Å². The van der Waals surface area contributed by atoms with Crippen LogP contribution in [0.5, 0.6) is 0 Å². The smallest absolute Gasteiger partial charge is 0.274 e. The van der Waals surface area contributed by atoms with Crippen LogP contribution < -0.4 is 5.32 Å². The van der Waals surface area contributed by atoms with Gasteiger partial charge in [0.15, 0.2) is 11.5 Å². The Morgan fingerprint density at radius 2 is 1.60 bits per heavy atom. The number of halogens is 1. The topological polar surface area (TPSA) is 78.4 Å². The Bertz CT molecular complexity index is 756. The van der Waals surface area contributed by atoms with Crippen molar-refractivity contribution in [2.75, 3.05) is 31.5 Å². The Balaban J connectivity index is 1.61. The molecule has 25 heavy (non-hydrogen) atoms. The Kier molecular flexibility index (Phi) is 4.87. The number of piperazine rings is 1. The van der Waals surface area contributed by atoms with E-state index >= 15 is 0 Å². The van der Waals surface area contributed by atoms with Gasteiger partial charge in [-0.25, -0.2) is 4.39 Å². The number of hydrogen-bond acceptors (Lipinski definition) is 5. The third kappa shape index (κ3) is 4.09. The van der Waals surface area contributed by atoms with E-state index in [1.165, 1.54) is 19.1 Å². The number of aromatic nitrogens is 2. The van der Waals surface area contributed by atoms with E-state index in [2.05, 4.69) is 15.5 Å². The molecule has 1 aromatic heterocycles. The van der Waals surface area contributed by atoms with Gasteiger partial charge >= 0.3 is 0 Å². The summed E-state index contributed by atoms with van der Waals surface area (Å²) in [7, 11) is 0. The van der Waals surface area contributed by atoms with Crippen LogP contribution in [-0.4, -0.2) is 58.0 Å². The van der Waals surface area contributed by atoms with Crippen molar-refractivity contribution in [2.24, 2.45) is 0 Å². The Morgan fingerprint density at radius 1 is 0.960 bits per heavy atom. The normalized spacial score (nSPS) is 14.3. The monoisotopic (exact) mass is 343 g/mol. The molecule has 1 N–H and O–H groups in total. The highest BCUT2D eigenvalue weighted by Gasteiger charge is 2.24. The minimum absolute atomic E-state index is 0.0168. The molecule has 0 atom stereocenters. The van der Waals surface area contributed by atoms with Crippen molar-refractivity contribution in [1.29, 1.82) is 0 Å². The summed E-state index contributed by atoms with van der Waals surface area (Å²) >= 11 is 0. The summed E-state index contributed by atoms with van der Waals surface area (Å²) in [6.07, 6.45) is 0. The molecule has 0 aliphatic carbocycles. The number of anilines is 2. The van der Waals surface area contributed by atoms with Crippen LogP contribution >= 0.6 is 0 Å². The molecule has 0 unspecified atom stereocenters. The fourth-order valence-corrected chi connectivity index (χ4v) is 2.58. The molecule has 2 amide bonds. The van der Waals surface area contributed by atoms with Gasteiger partial charge in [0.1, 0.15) is 5.82 Å². The minimum atomic E-state index is -0.317. The van der Waals surface area contributed by atoms with E-state index in [0.717, 1.165) is 0 Å². The van der Waals surface area contributed by atoms with Gasteiger partial charge in [-0.05, 0) is 36.4 Å². The van der Waals surface area contributed by atoms with Crippen LogP contribution in [0, 0.1) is 5.82 Å². The quantitative estimate of drug-likeness (QED) is 0.917. The molecular formula is C17H18FN5O2. The fourth-order valence-electron chi connectivity index (χ4n) is 2.58.